The van der Waals surface area contributed by atoms with Crippen LogP contribution < -0.4 is 15.6 Å². The number of hydrogen-bond acceptors (Lipinski definition) is 5. The van der Waals surface area contributed by atoms with Crippen molar-refractivity contribution in [3.05, 3.63) is 50.4 Å². The molecule has 2 aliphatic rings. The molecule has 1 N–H and O–H groups in total. The summed E-state index contributed by atoms with van der Waals surface area (Å²) in [7, 11) is 0. The Morgan fingerprint density at radius 3 is 3.00 bits per heavy atom. The zero-order chi connectivity index (χ0) is 18.7. The van der Waals surface area contributed by atoms with Crippen molar-refractivity contribution < 1.29 is 9.53 Å². The largest absolute Gasteiger partial charge is 0.482 e. The van der Waals surface area contributed by atoms with Gasteiger partial charge in [0.05, 0.1) is 11.1 Å². The summed E-state index contributed by atoms with van der Waals surface area (Å²) >= 11 is 1.57. The van der Waals surface area contributed by atoms with E-state index in [-0.39, 0.29) is 18.1 Å². The van der Waals surface area contributed by atoms with Crippen LogP contribution in [-0.2, 0) is 11.3 Å². The van der Waals surface area contributed by atoms with E-state index < -0.39 is 0 Å². The summed E-state index contributed by atoms with van der Waals surface area (Å²) in [5, 5.41) is 3.57. The second-order valence-electron chi connectivity index (χ2n) is 6.87. The number of aryl methyl sites for hydroxylation is 2. The van der Waals surface area contributed by atoms with Crippen LogP contribution >= 0.6 is 11.3 Å². The summed E-state index contributed by atoms with van der Waals surface area (Å²) in [6.45, 7) is 4.70. The lowest BCUT2D eigenvalue weighted by molar-refractivity contribution is -0.118. The smallest absolute Gasteiger partial charge is 0.262 e. The quantitative estimate of drug-likeness (QED) is 0.704. The lowest BCUT2D eigenvalue weighted by atomic mass is 10.1. The fourth-order valence-electron chi connectivity index (χ4n) is 3.65. The van der Waals surface area contributed by atoms with E-state index in [2.05, 4.69) is 5.32 Å². The van der Waals surface area contributed by atoms with Crippen molar-refractivity contribution in [3.63, 3.8) is 0 Å². The van der Waals surface area contributed by atoms with Crippen LogP contribution in [-0.4, -0.2) is 22.1 Å². The molecular weight excluding hydrogens is 362 g/mol. The number of anilines is 1. The van der Waals surface area contributed by atoms with Crippen LogP contribution in [0.1, 0.15) is 28.2 Å². The lowest BCUT2D eigenvalue weighted by Crippen LogP contribution is -2.25. The molecule has 0 unspecified atom stereocenters. The van der Waals surface area contributed by atoms with Crippen molar-refractivity contribution in [2.24, 2.45) is 0 Å². The zero-order valence-corrected chi connectivity index (χ0v) is 15.8. The van der Waals surface area contributed by atoms with Crippen molar-refractivity contribution in [2.75, 3.05) is 11.9 Å². The summed E-state index contributed by atoms with van der Waals surface area (Å²) in [6.07, 6.45) is 2.79. The molecule has 2 aliphatic heterocycles. The van der Waals surface area contributed by atoms with Crippen molar-refractivity contribution in [3.8, 4) is 5.75 Å². The van der Waals surface area contributed by atoms with E-state index in [1.807, 2.05) is 38.1 Å². The van der Waals surface area contributed by atoms with Crippen LogP contribution in [0.3, 0.4) is 0 Å². The standard InChI is InChI=1S/C20H17N3O3S/c1-10-11(2)27-19-17(10)20(25)23-6-5-13(18(23)22-19)7-12-3-4-15-14(8-12)21-16(24)9-26-15/h3-4,7-8H,5-6,9H2,1-2H3,(H,21,24). The van der Waals surface area contributed by atoms with Gasteiger partial charge < -0.3 is 10.1 Å². The number of allylic oxidation sites excluding steroid dienone is 1. The van der Waals surface area contributed by atoms with Crippen LogP contribution in [0.25, 0.3) is 21.9 Å². The number of amides is 1. The molecule has 0 bridgehead atoms. The topological polar surface area (TPSA) is 73.2 Å². The number of nitrogens with one attached hydrogen (secondary N) is 1. The summed E-state index contributed by atoms with van der Waals surface area (Å²) in [4.78, 5) is 31.2. The fourth-order valence-corrected chi connectivity index (χ4v) is 4.67. The Labute approximate surface area is 159 Å². The third-order valence-electron chi connectivity index (χ3n) is 5.16. The van der Waals surface area contributed by atoms with Gasteiger partial charge in [0.1, 0.15) is 16.4 Å². The average Bonchev–Trinajstić information content (AvgIpc) is 3.16. The number of ether oxygens (including phenoxy) is 1. The molecule has 0 atom stereocenters. The molecule has 7 heteroatoms. The van der Waals surface area contributed by atoms with Crippen LogP contribution in [0.4, 0.5) is 5.69 Å². The van der Waals surface area contributed by atoms with E-state index in [9.17, 15) is 9.59 Å². The maximum absolute atomic E-state index is 12.9. The molecule has 5 rings (SSSR count). The van der Waals surface area contributed by atoms with Crippen LogP contribution in [0.5, 0.6) is 5.75 Å². The number of hydrogen-bond donors (Lipinski definition) is 1. The minimum Gasteiger partial charge on any atom is -0.482 e. The van der Waals surface area contributed by atoms with Crippen molar-refractivity contribution >= 4 is 44.8 Å². The van der Waals surface area contributed by atoms with Crippen molar-refractivity contribution in [1.29, 1.82) is 0 Å². The summed E-state index contributed by atoms with van der Waals surface area (Å²) in [5.41, 5.74) is 3.72. The van der Waals surface area contributed by atoms with Gasteiger partial charge in [-0.05, 0) is 55.2 Å². The fraction of sp³-hybridized carbons (Fsp3) is 0.250. The highest BCUT2D eigenvalue weighted by molar-refractivity contribution is 7.18. The van der Waals surface area contributed by atoms with Gasteiger partial charge in [-0.15, -0.1) is 11.3 Å². The molecule has 0 fully saturated rings. The molecule has 1 aromatic carbocycles. The van der Waals surface area contributed by atoms with Crippen molar-refractivity contribution in [1.82, 2.24) is 9.55 Å². The maximum atomic E-state index is 12.9. The predicted molar refractivity (Wildman–Crippen MR) is 106 cm³/mol. The predicted octanol–water partition coefficient (Wildman–Crippen LogP) is 3.35. The number of aromatic nitrogens is 2. The highest BCUT2D eigenvalue weighted by Crippen LogP contribution is 2.34. The molecule has 0 saturated carbocycles. The molecule has 2 aromatic heterocycles. The van der Waals surface area contributed by atoms with Gasteiger partial charge >= 0.3 is 0 Å². The first-order valence-electron chi connectivity index (χ1n) is 8.79. The number of carbonyl (C=O) groups is 1. The molecule has 0 spiro atoms. The molecule has 6 nitrogen and oxygen atoms in total. The van der Waals surface area contributed by atoms with E-state index in [4.69, 9.17) is 9.72 Å². The Hall–Kier alpha value is -2.93. The second-order valence-corrected chi connectivity index (χ2v) is 8.07. The van der Waals surface area contributed by atoms with Crippen LogP contribution in [0.2, 0.25) is 0 Å². The van der Waals surface area contributed by atoms with Gasteiger partial charge in [0.15, 0.2) is 6.61 Å². The molecule has 0 saturated heterocycles. The first-order valence-corrected chi connectivity index (χ1v) is 9.61. The zero-order valence-electron chi connectivity index (χ0n) is 15.0. The number of thiophene rings is 1. The van der Waals surface area contributed by atoms with Crippen LogP contribution in [0, 0.1) is 13.8 Å². The Balaban J connectivity index is 1.61. The lowest BCUT2D eigenvalue weighted by Gasteiger charge is -2.18. The molecular formula is C20H17N3O3S. The average molecular weight is 379 g/mol. The molecule has 0 radical (unpaired) electrons. The third kappa shape index (κ3) is 2.49. The van der Waals surface area contributed by atoms with Gasteiger partial charge in [0.2, 0.25) is 0 Å². The molecule has 27 heavy (non-hydrogen) atoms. The van der Waals surface area contributed by atoms with Crippen molar-refractivity contribution in [2.45, 2.75) is 26.8 Å². The Morgan fingerprint density at radius 1 is 1.30 bits per heavy atom. The minimum absolute atomic E-state index is 0.0449. The molecule has 136 valence electrons. The normalized spacial score (nSPS) is 17.0. The first-order chi connectivity index (χ1) is 13.0. The van der Waals surface area contributed by atoms with Gasteiger partial charge in [-0.25, -0.2) is 4.98 Å². The van der Waals surface area contributed by atoms with Gasteiger partial charge in [0.25, 0.3) is 11.5 Å². The van der Waals surface area contributed by atoms with E-state index >= 15 is 0 Å². The summed E-state index contributed by atoms with van der Waals surface area (Å²) < 4.78 is 7.18. The molecule has 1 amide bonds. The Morgan fingerprint density at radius 2 is 2.15 bits per heavy atom. The number of nitrogens with zero attached hydrogens (tertiary/aromatic N) is 2. The van der Waals surface area contributed by atoms with Gasteiger partial charge in [-0.2, -0.15) is 0 Å². The van der Waals surface area contributed by atoms with E-state index in [0.717, 1.165) is 44.0 Å². The minimum atomic E-state index is -0.155. The number of benzene rings is 1. The number of carbonyl (C=O) groups excluding carboxylic acids is 1. The number of fused-ring (bicyclic) bond motifs is 3. The van der Waals surface area contributed by atoms with E-state index in [1.54, 1.807) is 15.9 Å². The van der Waals surface area contributed by atoms with Gasteiger partial charge in [0, 0.05) is 11.4 Å². The SMILES string of the molecule is Cc1sc2nc3n(c(=O)c2c1C)CCC3=Cc1ccc2c(c1)NC(=O)CO2. The first kappa shape index (κ1) is 16.3. The van der Waals surface area contributed by atoms with E-state index in [1.165, 1.54) is 0 Å². The third-order valence-corrected chi connectivity index (χ3v) is 6.26. The van der Waals surface area contributed by atoms with Gasteiger partial charge in [-0.1, -0.05) is 6.07 Å². The van der Waals surface area contributed by atoms with Gasteiger partial charge in [-0.3, -0.25) is 14.2 Å². The second kappa shape index (κ2) is 5.79. The monoisotopic (exact) mass is 379 g/mol. The maximum Gasteiger partial charge on any atom is 0.262 e. The number of rotatable bonds is 1. The Bertz CT molecular complexity index is 1220. The molecule has 3 aromatic rings. The highest BCUT2D eigenvalue weighted by atomic mass is 32.1. The molecule has 4 heterocycles. The van der Waals surface area contributed by atoms with E-state index in [0.29, 0.717) is 18.0 Å². The highest BCUT2D eigenvalue weighted by Gasteiger charge is 2.23. The summed E-state index contributed by atoms with van der Waals surface area (Å²) in [6, 6.07) is 5.69. The molecule has 0 aliphatic carbocycles. The Kier molecular flexibility index (Phi) is 3.48. The summed E-state index contributed by atoms with van der Waals surface area (Å²) in [5.74, 6) is 1.26. The van der Waals surface area contributed by atoms with Crippen LogP contribution in [0.15, 0.2) is 23.0 Å².